The fraction of sp³-hybridized carbons (Fsp3) is 0.214. The van der Waals surface area contributed by atoms with Gasteiger partial charge in [-0.25, -0.2) is 4.39 Å². The molecule has 0 fully saturated rings. The Balaban J connectivity index is 2.11. The number of benzene rings is 1. The maximum atomic E-state index is 13.0. The number of rotatable bonds is 4. The van der Waals surface area contributed by atoms with Crippen LogP contribution in [0.15, 0.2) is 52.4 Å². The number of aromatic nitrogens is 1. The minimum absolute atomic E-state index is 0.244. The first-order chi connectivity index (χ1) is 8.69. The first-order valence-electron chi connectivity index (χ1n) is 5.76. The van der Waals surface area contributed by atoms with E-state index < -0.39 is 6.10 Å². The number of hydrogen-bond acceptors (Lipinski definition) is 3. The summed E-state index contributed by atoms with van der Waals surface area (Å²) in [5.41, 5.74) is 0.668. The Morgan fingerprint density at radius 2 is 2.11 bits per heavy atom. The molecule has 4 heteroatoms. The smallest absolute Gasteiger partial charge is 0.124 e. The van der Waals surface area contributed by atoms with Gasteiger partial charge in [0.1, 0.15) is 5.82 Å². The van der Waals surface area contributed by atoms with Gasteiger partial charge in [0.25, 0.3) is 0 Å². The molecule has 1 heterocycles. The summed E-state index contributed by atoms with van der Waals surface area (Å²) in [4.78, 5) is 5.96. The quantitative estimate of drug-likeness (QED) is 0.910. The van der Waals surface area contributed by atoms with Crippen molar-refractivity contribution in [1.29, 1.82) is 0 Å². The van der Waals surface area contributed by atoms with Gasteiger partial charge in [-0.15, -0.1) is 0 Å². The molecule has 0 aliphatic heterocycles. The second-order valence-electron chi connectivity index (χ2n) is 3.90. The fourth-order valence-electron chi connectivity index (χ4n) is 1.52. The zero-order chi connectivity index (χ0) is 13.0. The fourth-order valence-corrected chi connectivity index (χ4v) is 2.36. The van der Waals surface area contributed by atoms with E-state index in [1.54, 1.807) is 18.3 Å². The number of pyridine rings is 1. The van der Waals surface area contributed by atoms with Gasteiger partial charge < -0.3 is 5.11 Å². The van der Waals surface area contributed by atoms with Crippen LogP contribution in [0.25, 0.3) is 0 Å². The molecule has 1 unspecified atom stereocenters. The largest absolute Gasteiger partial charge is 0.387 e. The first-order valence-corrected chi connectivity index (χ1v) is 6.58. The van der Waals surface area contributed by atoms with Gasteiger partial charge in [0.05, 0.1) is 11.8 Å². The molecule has 0 saturated heterocycles. The summed E-state index contributed by atoms with van der Waals surface area (Å²) in [5.74, 6) is -0.244. The van der Waals surface area contributed by atoms with Gasteiger partial charge >= 0.3 is 0 Å². The Morgan fingerprint density at radius 1 is 1.28 bits per heavy atom. The number of aliphatic hydroxyl groups is 1. The van der Waals surface area contributed by atoms with E-state index in [9.17, 15) is 9.50 Å². The Morgan fingerprint density at radius 3 is 2.72 bits per heavy atom. The average Bonchev–Trinajstić information content (AvgIpc) is 2.39. The topological polar surface area (TPSA) is 33.1 Å². The van der Waals surface area contributed by atoms with Crippen molar-refractivity contribution in [3.05, 3.63) is 54.1 Å². The standard InChI is InChI=1S/C14H14FNOS/c1-2-14(17)13-7-6-12(9-16-13)18-11-5-3-4-10(15)8-11/h3-9,14,17H,2H2,1H3. The van der Waals surface area contributed by atoms with Gasteiger partial charge in [-0.05, 0) is 36.8 Å². The van der Waals surface area contributed by atoms with Crippen LogP contribution in [0.1, 0.15) is 25.1 Å². The minimum atomic E-state index is -0.516. The number of halogens is 1. The molecule has 2 rings (SSSR count). The minimum Gasteiger partial charge on any atom is -0.387 e. The van der Waals surface area contributed by atoms with Crippen LogP contribution in [0.5, 0.6) is 0 Å². The lowest BCUT2D eigenvalue weighted by Crippen LogP contribution is -1.97. The van der Waals surface area contributed by atoms with E-state index in [-0.39, 0.29) is 5.82 Å². The molecule has 0 amide bonds. The summed E-state index contributed by atoms with van der Waals surface area (Å²) >= 11 is 1.45. The molecule has 94 valence electrons. The molecule has 0 saturated carbocycles. The lowest BCUT2D eigenvalue weighted by Gasteiger charge is -2.07. The Labute approximate surface area is 110 Å². The highest BCUT2D eigenvalue weighted by molar-refractivity contribution is 7.99. The van der Waals surface area contributed by atoms with Crippen LogP contribution in [0, 0.1) is 5.82 Å². The van der Waals surface area contributed by atoms with Gasteiger partial charge in [-0.1, -0.05) is 24.8 Å². The zero-order valence-electron chi connectivity index (χ0n) is 10.0. The summed E-state index contributed by atoms with van der Waals surface area (Å²) < 4.78 is 13.0. The average molecular weight is 263 g/mol. The summed E-state index contributed by atoms with van der Waals surface area (Å²) in [7, 11) is 0. The predicted octanol–water partition coefficient (Wildman–Crippen LogP) is 3.82. The molecule has 18 heavy (non-hydrogen) atoms. The van der Waals surface area contributed by atoms with Crippen LogP contribution in [0.2, 0.25) is 0 Å². The van der Waals surface area contributed by atoms with Crippen LogP contribution in [0.3, 0.4) is 0 Å². The van der Waals surface area contributed by atoms with Gasteiger partial charge in [-0.2, -0.15) is 0 Å². The van der Waals surface area contributed by atoms with Crippen molar-refractivity contribution < 1.29 is 9.50 Å². The van der Waals surface area contributed by atoms with Gasteiger partial charge in [0, 0.05) is 16.0 Å². The molecular weight excluding hydrogens is 249 g/mol. The van der Waals surface area contributed by atoms with Gasteiger partial charge in [0.2, 0.25) is 0 Å². The lowest BCUT2D eigenvalue weighted by atomic mass is 10.2. The Bertz CT molecular complexity index is 515. The van der Waals surface area contributed by atoms with E-state index in [0.717, 1.165) is 9.79 Å². The van der Waals surface area contributed by atoms with Crippen molar-refractivity contribution in [2.75, 3.05) is 0 Å². The zero-order valence-corrected chi connectivity index (χ0v) is 10.8. The second-order valence-corrected chi connectivity index (χ2v) is 5.05. The van der Waals surface area contributed by atoms with E-state index in [2.05, 4.69) is 4.98 Å². The molecule has 0 aliphatic rings. The van der Waals surface area contributed by atoms with Crippen molar-refractivity contribution in [2.24, 2.45) is 0 Å². The van der Waals surface area contributed by atoms with E-state index in [1.165, 1.54) is 23.9 Å². The molecule has 2 nitrogen and oxygen atoms in total. The summed E-state index contributed by atoms with van der Waals surface area (Å²) in [6, 6.07) is 10.1. The van der Waals surface area contributed by atoms with E-state index in [1.807, 2.05) is 19.1 Å². The summed E-state index contributed by atoms with van der Waals surface area (Å²) in [6.07, 6.45) is 1.82. The Kier molecular flexibility index (Phi) is 4.33. The third-order valence-corrected chi connectivity index (χ3v) is 3.49. The van der Waals surface area contributed by atoms with E-state index in [0.29, 0.717) is 12.1 Å². The number of aliphatic hydroxyl groups excluding tert-OH is 1. The van der Waals surface area contributed by atoms with E-state index in [4.69, 9.17) is 0 Å². The van der Waals surface area contributed by atoms with Crippen molar-refractivity contribution in [3.8, 4) is 0 Å². The van der Waals surface area contributed by atoms with Crippen LogP contribution in [-0.4, -0.2) is 10.1 Å². The Hall–Kier alpha value is -1.39. The summed E-state index contributed by atoms with van der Waals surface area (Å²) in [6.45, 7) is 1.90. The molecular formula is C14H14FNOS. The third-order valence-electron chi connectivity index (χ3n) is 2.52. The molecule has 1 aromatic carbocycles. The molecule has 0 radical (unpaired) electrons. The number of nitrogens with zero attached hydrogens (tertiary/aromatic N) is 1. The van der Waals surface area contributed by atoms with Crippen molar-refractivity contribution in [1.82, 2.24) is 4.98 Å². The third kappa shape index (κ3) is 3.31. The van der Waals surface area contributed by atoms with Crippen molar-refractivity contribution >= 4 is 11.8 Å². The van der Waals surface area contributed by atoms with Crippen molar-refractivity contribution in [2.45, 2.75) is 29.2 Å². The molecule has 1 aromatic heterocycles. The van der Waals surface area contributed by atoms with Crippen LogP contribution in [-0.2, 0) is 0 Å². The maximum absolute atomic E-state index is 13.0. The highest BCUT2D eigenvalue weighted by Gasteiger charge is 2.06. The maximum Gasteiger partial charge on any atom is 0.124 e. The molecule has 0 bridgehead atoms. The molecule has 0 spiro atoms. The highest BCUT2D eigenvalue weighted by atomic mass is 32.2. The molecule has 0 aliphatic carbocycles. The van der Waals surface area contributed by atoms with Gasteiger partial charge in [-0.3, -0.25) is 4.98 Å². The first kappa shape index (κ1) is 13.1. The van der Waals surface area contributed by atoms with Crippen LogP contribution < -0.4 is 0 Å². The van der Waals surface area contributed by atoms with Crippen LogP contribution >= 0.6 is 11.8 Å². The summed E-state index contributed by atoms with van der Waals surface area (Å²) in [5, 5.41) is 9.63. The number of hydrogen-bond donors (Lipinski definition) is 1. The highest BCUT2D eigenvalue weighted by Crippen LogP contribution is 2.28. The molecule has 2 aromatic rings. The SMILES string of the molecule is CCC(O)c1ccc(Sc2cccc(F)c2)cn1. The normalized spacial score (nSPS) is 12.4. The molecule has 1 N–H and O–H groups in total. The van der Waals surface area contributed by atoms with E-state index >= 15 is 0 Å². The molecule has 1 atom stereocenters. The lowest BCUT2D eigenvalue weighted by molar-refractivity contribution is 0.169. The monoisotopic (exact) mass is 263 g/mol. The second kappa shape index (κ2) is 5.98. The van der Waals surface area contributed by atoms with Crippen molar-refractivity contribution in [3.63, 3.8) is 0 Å². The van der Waals surface area contributed by atoms with Gasteiger partial charge in [0.15, 0.2) is 0 Å². The predicted molar refractivity (Wildman–Crippen MR) is 70.0 cm³/mol. The van der Waals surface area contributed by atoms with Crippen LogP contribution in [0.4, 0.5) is 4.39 Å².